The minimum absolute atomic E-state index is 0.111. The van der Waals surface area contributed by atoms with Crippen molar-refractivity contribution in [2.75, 3.05) is 18.9 Å². The van der Waals surface area contributed by atoms with Gasteiger partial charge in [-0.15, -0.1) is 11.3 Å². The number of carbonyl (C=O) groups excluding carboxylic acids is 1. The van der Waals surface area contributed by atoms with Crippen LogP contribution in [0.3, 0.4) is 0 Å². The number of anilines is 1. The highest BCUT2D eigenvalue weighted by molar-refractivity contribution is 7.15. The van der Waals surface area contributed by atoms with Gasteiger partial charge in [0.1, 0.15) is 5.00 Å². The Kier molecular flexibility index (Phi) is 5.91. The van der Waals surface area contributed by atoms with E-state index in [4.69, 9.17) is 11.6 Å². The monoisotopic (exact) mass is 516 g/mol. The van der Waals surface area contributed by atoms with E-state index in [1.165, 1.54) is 26.6 Å². The predicted octanol–water partition coefficient (Wildman–Crippen LogP) is 6.93. The Morgan fingerprint density at radius 2 is 1.92 bits per heavy atom. The van der Waals surface area contributed by atoms with Gasteiger partial charge in [0.05, 0.1) is 18.3 Å². The summed E-state index contributed by atoms with van der Waals surface area (Å²) in [5, 5.41) is 5.11. The minimum atomic E-state index is -0.272. The molecule has 36 heavy (non-hydrogen) atoms. The fraction of sp³-hybridized carbons (Fsp3) is 0.276. The molecule has 0 spiro atoms. The molecular weight excluding hydrogens is 488 g/mol. The molecule has 4 heterocycles. The average Bonchev–Trinajstić information content (AvgIpc) is 3.42. The lowest BCUT2D eigenvalue weighted by molar-refractivity contribution is 0.194. The average molecular weight is 517 g/mol. The maximum atomic E-state index is 14.1. The maximum Gasteiger partial charge on any atom is 0.322 e. The van der Waals surface area contributed by atoms with Crippen LogP contribution in [0.4, 0.5) is 10.5 Å². The fourth-order valence-electron chi connectivity index (χ4n) is 5.52. The SMILES string of the molecule is Cc1ccc(NC(=O)N2Cc3c(sc4c3CCN(C)C4)-n3cccc3[C@H]2c2cccc(Cl)c2)c(C)c1. The molecule has 0 saturated carbocycles. The van der Waals surface area contributed by atoms with E-state index >= 15 is 0 Å². The molecule has 0 fully saturated rings. The van der Waals surface area contributed by atoms with Crippen LogP contribution in [0.25, 0.3) is 5.00 Å². The highest BCUT2D eigenvalue weighted by Gasteiger charge is 2.36. The van der Waals surface area contributed by atoms with Crippen LogP contribution in [-0.4, -0.2) is 34.0 Å². The molecule has 2 amide bonds. The summed E-state index contributed by atoms with van der Waals surface area (Å²) < 4.78 is 2.29. The van der Waals surface area contributed by atoms with E-state index in [-0.39, 0.29) is 12.1 Å². The lowest BCUT2D eigenvalue weighted by atomic mass is 10.0. The standard InChI is InChI=1S/C29H29ClN4OS/c1-18-9-10-24(19(2)14-18)31-29(35)34-16-23-22-11-13-32(3)17-26(22)36-28(23)33-12-5-8-25(33)27(34)20-6-4-7-21(30)15-20/h4-10,12,14-15,27H,11,13,16-17H2,1-3H3,(H,31,35)/t27-/m1/s1. The van der Waals surface area contributed by atoms with Gasteiger partial charge in [0.25, 0.3) is 0 Å². The molecule has 1 atom stereocenters. The third-order valence-corrected chi connectivity index (χ3v) is 8.80. The molecule has 2 aromatic heterocycles. The Morgan fingerprint density at radius 1 is 1.06 bits per heavy atom. The van der Waals surface area contributed by atoms with E-state index in [0.29, 0.717) is 11.6 Å². The minimum Gasteiger partial charge on any atom is -0.310 e. The van der Waals surface area contributed by atoms with Gasteiger partial charge in [-0.25, -0.2) is 4.79 Å². The number of halogens is 1. The number of likely N-dealkylation sites (N-methyl/N-ethyl adjacent to an activating group) is 1. The second-order valence-electron chi connectivity index (χ2n) is 9.91. The van der Waals surface area contributed by atoms with Gasteiger partial charge in [0, 0.05) is 40.4 Å². The molecule has 2 aliphatic heterocycles. The number of fused-ring (bicyclic) bond motifs is 5. The topological polar surface area (TPSA) is 40.5 Å². The number of rotatable bonds is 2. The largest absolute Gasteiger partial charge is 0.322 e. The Bertz CT molecular complexity index is 1470. The molecule has 6 rings (SSSR count). The van der Waals surface area contributed by atoms with E-state index in [0.717, 1.165) is 42.0 Å². The summed E-state index contributed by atoms with van der Waals surface area (Å²) in [5.41, 5.74) is 7.81. The van der Waals surface area contributed by atoms with Gasteiger partial charge < -0.3 is 19.7 Å². The predicted molar refractivity (Wildman–Crippen MR) is 147 cm³/mol. The summed E-state index contributed by atoms with van der Waals surface area (Å²) in [6.45, 7) is 6.63. The molecule has 2 aliphatic rings. The first-order valence-corrected chi connectivity index (χ1v) is 13.5. The van der Waals surface area contributed by atoms with Crippen LogP contribution in [0.1, 0.15) is 44.4 Å². The number of hydrogen-bond acceptors (Lipinski definition) is 3. The zero-order chi connectivity index (χ0) is 25.0. The lowest BCUT2D eigenvalue weighted by Gasteiger charge is -2.32. The van der Waals surface area contributed by atoms with E-state index in [1.54, 1.807) is 0 Å². The first kappa shape index (κ1) is 23.3. The van der Waals surface area contributed by atoms with E-state index in [2.05, 4.69) is 59.2 Å². The van der Waals surface area contributed by atoms with Crippen LogP contribution < -0.4 is 5.32 Å². The third kappa shape index (κ3) is 4.03. The number of urea groups is 1. The highest BCUT2D eigenvalue weighted by atomic mass is 35.5. The Balaban J connectivity index is 1.50. The number of nitrogens with one attached hydrogen (secondary N) is 1. The molecular formula is C29H29ClN4OS. The molecule has 4 aromatic rings. The van der Waals surface area contributed by atoms with Crippen molar-refractivity contribution >= 4 is 34.7 Å². The van der Waals surface area contributed by atoms with Crippen LogP contribution in [0.2, 0.25) is 5.02 Å². The zero-order valence-electron chi connectivity index (χ0n) is 20.7. The van der Waals surface area contributed by atoms with Crippen molar-refractivity contribution in [3.8, 4) is 5.00 Å². The second kappa shape index (κ2) is 9.11. The fourth-order valence-corrected chi connectivity index (χ4v) is 7.16. The summed E-state index contributed by atoms with van der Waals surface area (Å²) in [7, 11) is 2.17. The van der Waals surface area contributed by atoms with Crippen molar-refractivity contribution in [1.29, 1.82) is 0 Å². The Morgan fingerprint density at radius 3 is 2.72 bits per heavy atom. The molecule has 7 heteroatoms. The van der Waals surface area contributed by atoms with Crippen LogP contribution in [-0.2, 0) is 19.5 Å². The van der Waals surface area contributed by atoms with Gasteiger partial charge in [-0.1, -0.05) is 41.4 Å². The first-order chi connectivity index (χ1) is 17.4. The van der Waals surface area contributed by atoms with E-state index in [1.807, 2.05) is 53.5 Å². The number of benzene rings is 2. The summed E-state index contributed by atoms with van der Waals surface area (Å²) in [5.74, 6) is 0. The molecule has 2 aromatic carbocycles. The number of aromatic nitrogens is 1. The molecule has 0 radical (unpaired) electrons. The number of amides is 2. The maximum absolute atomic E-state index is 14.1. The third-order valence-electron chi connectivity index (χ3n) is 7.30. The normalized spacial score (nSPS) is 17.2. The number of thiophene rings is 1. The van der Waals surface area contributed by atoms with Gasteiger partial charge >= 0.3 is 6.03 Å². The molecule has 0 bridgehead atoms. The zero-order valence-corrected chi connectivity index (χ0v) is 22.3. The summed E-state index contributed by atoms with van der Waals surface area (Å²) in [6, 6.07) is 17.8. The molecule has 0 saturated heterocycles. The van der Waals surface area contributed by atoms with Crippen LogP contribution in [0.15, 0.2) is 60.8 Å². The molecule has 5 nitrogen and oxygen atoms in total. The van der Waals surface area contributed by atoms with Gasteiger partial charge in [-0.2, -0.15) is 0 Å². The number of nitrogens with zero attached hydrogens (tertiary/aromatic N) is 3. The summed E-state index contributed by atoms with van der Waals surface area (Å²) >= 11 is 8.31. The van der Waals surface area contributed by atoms with Crippen LogP contribution >= 0.6 is 22.9 Å². The quantitative estimate of drug-likeness (QED) is 0.313. The van der Waals surface area contributed by atoms with Crippen molar-refractivity contribution in [3.63, 3.8) is 0 Å². The number of aryl methyl sites for hydroxylation is 2. The second-order valence-corrected chi connectivity index (χ2v) is 11.4. The molecule has 0 aliphatic carbocycles. The molecule has 184 valence electrons. The molecule has 0 unspecified atom stereocenters. The van der Waals surface area contributed by atoms with Gasteiger partial charge in [0.15, 0.2) is 0 Å². The van der Waals surface area contributed by atoms with Gasteiger partial charge in [-0.05, 0) is 74.3 Å². The number of hydrogen-bond donors (Lipinski definition) is 1. The van der Waals surface area contributed by atoms with Crippen molar-refractivity contribution in [2.45, 2.75) is 39.4 Å². The first-order valence-electron chi connectivity index (χ1n) is 12.3. The van der Waals surface area contributed by atoms with Crippen molar-refractivity contribution < 1.29 is 4.79 Å². The summed E-state index contributed by atoms with van der Waals surface area (Å²) in [4.78, 5) is 19.8. The smallest absolute Gasteiger partial charge is 0.310 e. The Hall–Kier alpha value is -3.06. The van der Waals surface area contributed by atoms with Crippen molar-refractivity contribution in [1.82, 2.24) is 14.4 Å². The van der Waals surface area contributed by atoms with Crippen LogP contribution in [0, 0.1) is 13.8 Å². The van der Waals surface area contributed by atoms with Crippen molar-refractivity contribution in [2.24, 2.45) is 0 Å². The van der Waals surface area contributed by atoms with Gasteiger partial charge in [-0.3, -0.25) is 0 Å². The van der Waals surface area contributed by atoms with E-state index < -0.39 is 0 Å². The summed E-state index contributed by atoms with van der Waals surface area (Å²) in [6.07, 6.45) is 3.13. The Labute approximate surface area is 220 Å². The highest BCUT2D eigenvalue weighted by Crippen LogP contribution is 2.43. The van der Waals surface area contributed by atoms with E-state index in [9.17, 15) is 4.79 Å². The van der Waals surface area contributed by atoms with Gasteiger partial charge in [0.2, 0.25) is 0 Å². The lowest BCUT2D eigenvalue weighted by Crippen LogP contribution is -2.38. The van der Waals surface area contributed by atoms with Crippen LogP contribution in [0.5, 0.6) is 0 Å². The molecule has 1 N–H and O–H groups in total. The number of carbonyl (C=O) groups is 1. The van der Waals surface area contributed by atoms with Crippen molar-refractivity contribution in [3.05, 3.63) is 104 Å².